The van der Waals surface area contributed by atoms with Gasteiger partial charge >= 0.3 is 5.97 Å². The lowest BCUT2D eigenvalue weighted by atomic mass is 9.99. The topological polar surface area (TPSA) is 64.6 Å². The predicted octanol–water partition coefficient (Wildman–Crippen LogP) is 4.10. The summed E-state index contributed by atoms with van der Waals surface area (Å²) in [6.07, 6.45) is -0.174. The maximum Gasteiger partial charge on any atom is 0.347 e. The third-order valence-corrected chi connectivity index (χ3v) is 4.55. The van der Waals surface area contributed by atoms with Gasteiger partial charge in [0.15, 0.2) is 12.7 Å². The number of rotatable bonds is 9. The quantitative estimate of drug-likeness (QED) is 0.547. The van der Waals surface area contributed by atoms with Gasteiger partial charge in [-0.1, -0.05) is 78.9 Å². The van der Waals surface area contributed by atoms with Crippen molar-refractivity contribution >= 4 is 11.9 Å². The van der Waals surface area contributed by atoms with Gasteiger partial charge in [0, 0.05) is 0 Å². The number of carbonyl (C=O) groups is 2. The monoisotopic (exact) mass is 403 g/mol. The molecule has 1 N–H and O–H groups in total. The number of carbonyl (C=O) groups excluding carboxylic acids is 2. The lowest BCUT2D eigenvalue weighted by Gasteiger charge is -2.20. The van der Waals surface area contributed by atoms with E-state index in [2.05, 4.69) is 5.32 Å². The van der Waals surface area contributed by atoms with Crippen LogP contribution in [0.4, 0.5) is 0 Å². The summed E-state index contributed by atoms with van der Waals surface area (Å²) in [6.45, 7) is 1.23. The molecule has 0 saturated heterocycles. The Morgan fingerprint density at radius 2 is 1.40 bits per heavy atom. The highest BCUT2D eigenvalue weighted by Crippen LogP contribution is 2.18. The van der Waals surface area contributed by atoms with Gasteiger partial charge in [-0.15, -0.1) is 0 Å². The van der Waals surface area contributed by atoms with E-state index in [1.54, 1.807) is 19.1 Å². The van der Waals surface area contributed by atoms with Crippen LogP contribution in [0.15, 0.2) is 91.0 Å². The van der Waals surface area contributed by atoms with Crippen LogP contribution in [0, 0.1) is 0 Å². The number of nitrogens with one attached hydrogen (secondary N) is 1. The second-order valence-corrected chi connectivity index (χ2v) is 6.90. The van der Waals surface area contributed by atoms with Crippen molar-refractivity contribution in [3.8, 4) is 5.75 Å². The van der Waals surface area contributed by atoms with E-state index in [9.17, 15) is 9.59 Å². The van der Waals surface area contributed by atoms with Crippen molar-refractivity contribution in [1.29, 1.82) is 0 Å². The molecule has 154 valence electrons. The second-order valence-electron chi connectivity index (χ2n) is 6.90. The SMILES string of the molecule is CC(Oc1ccccc1)C(=O)OCC(=O)NC(Cc1ccccc1)c1ccccc1. The zero-order valence-corrected chi connectivity index (χ0v) is 16.9. The Hall–Kier alpha value is -3.60. The van der Waals surface area contributed by atoms with Crippen LogP contribution >= 0.6 is 0 Å². The third kappa shape index (κ3) is 6.48. The highest BCUT2D eigenvalue weighted by atomic mass is 16.6. The second kappa shape index (κ2) is 10.8. The van der Waals surface area contributed by atoms with E-state index in [1.165, 1.54) is 0 Å². The van der Waals surface area contributed by atoms with Crippen LogP contribution in [0.5, 0.6) is 5.75 Å². The molecular formula is C25H25NO4. The fourth-order valence-corrected chi connectivity index (χ4v) is 3.03. The fraction of sp³-hybridized carbons (Fsp3) is 0.200. The zero-order valence-electron chi connectivity index (χ0n) is 16.9. The van der Waals surface area contributed by atoms with Gasteiger partial charge in [0.05, 0.1) is 6.04 Å². The number of esters is 1. The molecule has 0 aliphatic rings. The number of para-hydroxylation sites is 1. The summed E-state index contributed by atoms with van der Waals surface area (Å²) in [5, 5.41) is 2.97. The molecule has 2 atom stereocenters. The lowest BCUT2D eigenvalue weighted by Crippen LogP contribution is -2.35. The first-order chi connectivity index (χ1) is 14.6. The van der Waals surface area contributed by atoms with Crippen LogP contribution < -0.4 is 10.1 Å². The largest absolute Gasteiger partial charge is 0.479 e. The van der Waals surface area contributed by atoms with Gasteiger partial charge in [-0.05, 0) is 36.6 Å². The van der Waals surface area contributed by atoms with Gasteiger partial charge in [-0.2, -0.15) is 0 Å². The van der Waals surface area contributed by atoms with Gasteiger partial charge in [0.25, 0.3) is 5.91 Å². The third-order valence-electron chi connectivity index (χ3n) is 4.55. The van der Waals surface area contributed by atoms with Crippen molar-refractivity contribution in [3.63, 3.8) is 0 Å². The zero-order chi connectivity index (χ0) is 21.2. The number of hydrogen-bond donors (Lipinski definition) is 1. The highest BCUT2D eigenvalue weighted by molar-refractivity contribution is 5.82. The van der Waals surface area contributed by atoms with Crippen molar-refractivity contribution in [2.24, 2.45) is 0 Å². The fourth-order valence-electron chi connectivity index (χ4n) is 3.03. The van der Waals surface area contributed by atoms with Crippen LogP contribution in [0.2, 0.25) is 0 Å². The van der Waals surface area contributed by atoms with Gasteiger partial charge in [-0.25, -0.2) is 4.79 Å². The molecule has 0 bridgehead atoms. The van der Waals surface area contributed by atoms with Crippen LogP contribution in [0.25, 0.3) is 0 Å². The maximum atomic E-state index is 12.5. The van der Waals surface area contributed by atoms with Crippen molar-refractivity contribution in [1.82, 2.24) is 5.32 Å². The normalized spacial score (nSPS) is 12.4. The molecule has 0 aliphatic carbocycles. The minimum Gasteiger partial charge on any atom is -0.479 e. The lowest BCUT2D eigenvalue weighted by molar-refractivity contribution is -0.154. The first-order valence-corrected chi connectivity index (χ1v) is 9.88. The molecule has 0 saturated carbocycles. The molecule has 3 aromatic carbocycles. The first kappa shape index (κ1) is 21.1. The molecule has 1 amide bonds. The molecule has 2 unspecified atom stereocenters. The maximum absolute atomic E-state index is 12.5. The number of hydrogen-bond acceptors (Lipinski definition) is 4. The van der Waals surface area contributed by atoms with E-state index in [1.807, 2.05) is 78.9 Å². The molecular weight excluding hydrogens is 378 g/mol. The Morgan fingerprint density at radius 1 is 0.833 bits per heavy atom. The minimum absolute atomic E-state index is 0.224. The molecule has 0 fully saturated rings. The first-order valence-electron chi connectivity index (χ1n) is 9.88. The van der Waals surface area contributed by atoms with Crippen molar-refractivity contribution in [2.75, 3.05) is 6.61 Å². The van der Waals surface area contributed by atoms with Crippen molar-refractivity contribution in [3.05, 3.63) is 102 Å². The average molecular weight is 403 g/mol. The molecule has 3 aromatic rings. The van der Waals surface area contributed by atoms with E-state index in [0.29, 0.717) is 12.2 Å². The Balaban J connectivity index is 1.55. The Morgan fingerprint density at radius 3 is 2.03 bits per heavy atom. The van der Waals surface area contributed by atoms with E-state index in [4.69, 9.17) is 9.47 Å². The molecule has 5 nitrogen and oxygen atoms in total. The molecule has 3 rings (SSSR count). The Labute approximate surface area is 176 Å². The van der Waals surface area contributed by atoms with Gasteiger partial charge in [0.2, 0.25) is 0 Å². The van der Waals surface area contributed by atoms with E-state index in [0.717, 1.165) is 11.1 Å². The van der Waals surface area contributed by atoms with Crippen LogP contribution in [-0.4, -0.2) is 24.6 Å². The van der Waals surface area contributed by atoms with E-state index < -0.39 is 12.1 Å². The summed E-state index contributed by atoms with van der Waals surface area (Å²) in [6, 6.07) is 28.4. The minimum atomic E-state index is -0.811. The smallest absolute Gasteiger partial charge is 0.347 e. The summed E-state index contributed by atoms with van der Waals surface area (Å²) in [5.74, 6) is -0.383. The standard InChI is InChI=1S/C25H25NO4/c1-19(30-22-15-9-4-10-16-22)25(28)29-18-24(27)26-23(21-13-7-3-8-14-21)17-20-11-5-2-6-12-20/h2-16,19,23H,17-18H2,1H3,(H,26,27). The molecule has 0 aromatic heterocycles. The summed E-state index contributed by atoms with van der Waals surface area (Å²) in [4.78, 5) is 24.6. The van der Waals surface area contributed by atoms with E-state index in [-0.39, 0.29) is 18.6 Å². The van der Waals surface area contributed by atoms with Crippen molar-refractivity contribution < 1.29 is 19.1 Å². The molecule has 0 spiro atoms. The van der Waals surface area contributed by atoms with Crippen LogP contribution in [0.1, 0.15) is 24.1 Å². The molecule has 30 heavy (non-hydrogen) atoms. The van der Waals surface area contributed by atoms with Gasteiger partial charge in [0.1, 0.15) is 5.75 Å². The van der Waals surface area contributed by atoms with Crippen molar-refractivity contribution in [2.45, 2.75) is 25.5 Å². The molecule has 5 heteroatoms. The van der Waals surface area contributed by atoms with E-state index >= 15 is 0 Å². The van der Waals surface area contributed by atoms with Crippen LogP contribution in [-0.2, 0) is 20.7 Å². The number of ether oxygens (including phenoxy) is 2. The summed E-state index contributed by atoms with van der Waals surface area (Å²) in [5.41, 5.74) is 2.09. The highest BCUT2D eigenvalue weighted by Gasteiger charge is 2.20. The molecule has 0 aliphatic heterocycles. The Bertz CT molecular complexity index is 929. The van der Waals surface area contributed by atoms with Crippen LogP contribution in [0.3, 0.4) is 0 Å². The number of benzene rings is 3. The summed E-state index contributed by atoms with van der Waals surface area (Å²) < 4.78 is 10.7. The average Bonchev–Trinajstić information content (AvgIpc) is 2.79. The van der Waals surface area contributed by atoms with Gasteiger partial charge < -0.3 is 14.8 Å². The number of amides is 1. The molecule has 0 radical (unpaired) electrons. The summed E-state index contributed by atoms with van der Waals surface area (Å²) >= 11 is 0. The molecule has 0 heterocycles. The summed E-state index contributed by atoms with van der Waals surface area (Å²) in [7, 11) is 0. The predicted molar refractivity (Wildman–Crippen MR) is 115 cm³/mol. The van der Waals surface area contributed by atoms with Gasteiger partial charge in [-0.3, -0.25) is 4.79 Å². The Kier molecular flexibility index (Phi) is 7.61.